The van der Waals surface area contributed by atoms with Gasteiger partial charge < -0.3 is 10.2 Å². The zero-order chi connectivity index (χ0) is 26.0. The van der Waals surface area contributed by atoms with Gasteiger partial charge in [0.15, 0.2) is 0 Å². The van der Waals surface area contributed by atoms with Gasteiger partial charge in [0.2, 0.25) is 11.8 Å². The van der Waals surface area contributed by atoms with E-state index in [0.717, 1.165) is 5.39 Å². The summed E-state index contributed by atoms with van der Waals surface area (Å²) in [7, 11) is -3.70. The third-order valence-corrected chi connectivity index (χ3v) is 8.75. The van der Waals surface area contributed by atoms with Crippen LogP contribution in [0.4, 0.5) is 5.69 Å². The summed E-state index contributed by atoms with van der Waals surface area (Å²) in [6, 6.07) is 15.0. The minimum atomic E-state index is -3.70. The standard InChI is InChI=1S/C26H27Cl2N3O4S/c1-3-29-26(33)17(2)30(16-19-12-13-20(27)15-21(19)28)24(32)11-6-14-31-22-9-4-7-18-8-5-10-23(25(18)22)36(31,34)35/h4-5,7-10,12-13,15,17H,3,6,11,14,16H2,1-2H3,(H,29,33)/t17-/m1/s1. The van der Waals surface area contributed by atoms with Crippen molar-refractivity contribution < 1.29 is 18.0 Å². The van der Waals surface area contributed by atoms with Crippen LogP contribution in [0.3, 0.4) is 0 Å². The molecule has 3 aromatic rings. The van der Waals surface area contributed by atoms with E-state index >= 15 is 0 Å². The Kier molecular flexibility index (Phi) is 7.78. The molecule has 3 aromatic carbocycles. The normalized spacial score (nSPS) is 14.6. The van der Waals surface area contributed by atoms with Gasteiger partial charge in [0.05, 0.1) is 10.6 Å². The first-order chi connectivity index (χ1) is 17.1. The zero-order valence-electron chi connectivity index (χ0n) is 20.0. The molecule has 0 bridgehead atoms. The number of hydrogen-bond acceptors (Lipinski definition) is 4. The number of hydrogen-bond donors (Lipinski definition) is 1. The third-order valence-electron chi connectivity index (χ3n) is 6.31. The Morgan fingerprint density at radius 3 is 2.50 bits per heavy atom. The van der Waals surface area contributed by atoms with Crippen LogP contribution in [0.15, 0.2) is 59.5 Å². The van der Waals surface area contributed by atoms with Crippen molar-refractivity contribution in [2.24, 2.45) is 0 Å². The minimum absolute atomic E-state index is 0.0628. The molecule has 0 unspecified atom stereocenters. The summed E-state index contributed by atoms with van der Waals surface area (Å²) in [6.45, 7) is 4.18. The molecule has 0 saturated carbocycles. The van der Waals surface area contributed by atoms with Crippen LogP contribution in [-0.2, 0) is 26.2 Å². The fourth-order valence-electron chi connectivity index (χ4n) is 4.45. The summed E-state index contributed by atoms with van der Waals surface area (Å²) >= 11 is 12.3. The lowest BCUT2D eigenvalue weighted by atomic mass is 10.1. The van der Waals surface area contributed by atoms with Gasteiger partial charge in [-0.05, 0) is 55.5 Å². The van der Waals surface area contributed by atoms with Gasteiger partial charge in [-0.25, -0.2) is 8.42 Å². The summed E-state index contributed by atoms with van der Waals surface area (Å²) in [6.07, 6.45) is 0.350. The highest BCUT2D eigenvalue weighted by atomic mass is 35.5. The number of carbonyl (C=O) groups is 2. The van der Waals surface area contributed by atoms with Crippen molar-refractivity contribution in [1.29, 1.82) is 0 Å². The lowest BCUT2D eigenvalue weighted by Gasteiger charge is -2.29. The number of nitrogens with one attached hydrogen (secondary N) is 1. The molecular formula is C26H27Cl2N3O4S. The molecule has 0 fully saturated rings. The molecule has 4 rings (SSSR count). The topological polar surface area (TPSA) is 86.8 Å². The van der Waals surface area contributed by atoms with E-state index in [-0.39, 0.29) is 42.6 Å². The second kappa shape index (κ2) is 10.7. The first-order valence-electron chi connectivity index (χ1n) is 11.7. The van der Waals surface area contributed by atoms with Crippen molar-refractivity contribution in [3.63, 3.8) is 0 Å². The van der Waals surface area contributed by atoms with Gasteiger partial charge in [0.25, 0.3) is 10.0 Å². The van der Waals surface area contributed by atoms with E-state index in [1.165, 1.54) is 9.21 Å². The molecule has 0 radical (unpaired) electrons. The molecule has 36 heavy (non-hydrogen) atoms. The Morgan fingerprint density at radius 2 is 1.81 bits per heavy atom. The second-order valence-corrected chi connectivity index (χ2v) is 11.3. The molecule has 0 saturated heterocycles. The molecule has 2 amide bonds. The molecule has 0 spiro atoms. The molecule has 1 heterocycles. The van der Waals surface area contributed by atoms with Crippen LogP contribution in [0.25, 0.3) is 10.8 Å². The Labute approximate surface area is 221 Å². The number of benzene rings is 3. The molecule has 0 aromatic heterocycles. The molecule has 10 heteroatoms. The Hall–Kier alpha value is -2.81. The van der Waals surface area contributed by atoms with Crippen LogP contribution >= 0.6 is 23.2 Å². The van der Waals surface area contributed by atoms with Gasteiger partial charge in [-0.1, -0.05) is 53.5 Å². The molecule has 190 valence electrons. The first kappa shape index (κ1) is 26.3. The van der Waals surface area contributed by atoms with E-state index in [1.54, 1.807) is 43.3 Å². The van der Waals surface area contributed by atoms with Gasteiger partial charge in [-0.3, -0.25) is 13.9 Å². The van der Waals surface area contributed by atoms with Crippen LogP contribution in [0.5, 0.6) is 0 Å². The SMILES string of the molecule is CCNC(=O)[C@@H](C)N(Cc1ccc(Cl)cc1Cl)C(=O)CCCN1c2cccc3cccc(c23)S1(=O)=O. The van der Waals surface area contributed by atoms with Gasteiger partial charge in [0.1, 0.15) is 6.04 Å². The number of nitrogens with zero attached hydrogens (tertiary/aromatic N) is 2. The molecule has 0 aliphatic carbocycles. The highest BCUT2D eigenvalue weighted by molar-refractivity contribution is 7.93. The first-order valence-corrected chi connectivity index (χ1v) is 13.9. The second-order valence-electron chi connectivity index (χ2n) is 8.64. The number of likely N-dealkylation sites (N-methyl/N-ethyl adjacent to an activating group) is 1. The number of carbonyl (C=O) groups excluding carboxylic acids is 2. The van der Waals surface area contributed by atoms with Crippen molar-refractivity contribution in [1.82, 2.24) is 10.2 Å². The van der Waals surface area contributed by atoms with Crippen molar-refractivity contribution in [3.8, 4) is 0 Å². The molecule has 1 N–H and O–H groups in total. The maximum atomic E-state index is 13.3. The van der Waals surface area contributed by atoms with Crippen LogP contribution in [0, 0.1) is 0 Å². The molecule has 7 nitrogen and oxygen atoms in total. The van der Waals surface area contributed by atoms with E-state index in [9.17, 15) is 18.0 Å². The summed E-state index contributed by atoms with van der Waals surface area (Å²) in [5.41, 5.74) is 1.28. The van der Waals surface area contributed by atoms with E-state index in [2.05, 4.69) is 5.32 Å². The molecule has 1 aliphatic heterocycles. The highest BCUT2D eigenvalue weighted by Crippen LogP contribution is 2.42. The Bertz CT molecular complexity index is 1420. The average molecular weight is 548 g/mol. The van der Waals surface area contributed by atoms with E-state index in [1.807, 2.05) is 25.1 Å². The van der Waals surface area contributed by atoms with Gasteiger partial charge in [0, 0.05) is 41.5 Å². The van der Waals surface area contributed by atoms with Crippen molar-refractivity contribution in [2.45, 2.75) is 44.2 Å². The number of amides is 2. The van der Waals surface area contributed by atoms with Crippen LogP contribution < -0.4 is 9.62 Å². The van der Waals surface area contributed by atoms with Crippen LogP contribution in [0.2, 0.25) is 10.0 Å². The Balaban J connectivity index is 1.51. The monoisotopic (exact) mass is 547 g/mol. The van der Waals surface area contributed by atoms with Crippen LogP contribution in [-0.4, -0.2) is 44.3 Å². The van der Waals surface area contributed by atoms with Crippen LogP contribution in [0.1, 0.15) is 32.3 Å². The lowest BCUT2D eigenvalue weighted by Crippen LogP contribution is -2.47. The van der Waals surface area contributed by atoms with Crippen molar-refractivity contribution >= 4 is 61.5 Å². The third kappa shape index (κ3) is 5.03. The fourth-order valence-corrected chi connectivity index (χ4v) is 6.67. The molecular weight excluding hydrogens is 521 g/mol. The predicted molar refractivity (Wildman–Crippen MR) is 143 cm³/mol. The summed E-state index contributed by atoms with van der Waals surface area (Å²) < 4.78 is 27.8. The van der Waals surface area contributed by atoms with E-state index in [4.69, 9.17) is 23.2 Å². The average Bonchev–Trinajstić information content (AvgIpc) is 3.06. The van der Waals surface area contributed by atoms with E-state index in [0.29, 0.717) is 33.2 Å². The summed E-state index contributed by atoms with van der Waals surface area (Å²) in [4.78, 5) is 27.6. The lowest BCUT2D eigenvalue weighted by molar-refractivity contribution is -0.140. The molecule has 1 aliphatic rings. The summed E-state index contributed by atoms with van der Waals surface area (Å²) in [5, 5.41) is 5.18. The highest BCUT2D eigenvalue weighted by Gasteiger charge is 2.35. The quantitative estimate of drug-likeness (QED) is 0.408. The maximum absolute atomic E-state index is 13.3. The minimum Gasteiger partial charge on any atom is -0.355 e. The van der Waals surface area contributed by atoms with E-state index < -0.39 is 16.1 Å². The largest absolute Gasteiger partial charge is 0.355 e. The molecule has 1 atom stereocenters. The van der Waals surface area contributed by atoms with Crippen molar-refractivity contribution in [3.05, 3.63) is 70.2 Å². The number of anilines is 1. The smallest absolute Gasteiger partial charge is 0.265 e. The van der Waals surface area contributed by atoms with Gasteiger partial charge in [-0.2, -0.15) is 0 Å². The summed E-state index contributed by atoms with van der Waals surface area (Å²) in [5.74, 6) is -0.549. The van der Waals surface area contributed by atoms with Gasteiger partial charge in [-0.15, -0.1) is 0 Å². The zero-order valence-corrected chi connectivity index (χ0v) is 22.3. The van der Waals surface area contributed by atoms with Crippen molar-refractivity contribution in [2.75, 3.05) is 17.4 Å². The fraction of sp³-hybridized carbons (Fsp3) is 0.308. The maximum Gasteiger partial charge on any atom is 0.265 e. The predicted octanol–water partition coefficient (Wildman–Crippen LogP) is 4.99. The van der Waals surface area contributed by atoms with Gasteiger partial charge >= 0.3 is 0 Å². The number of halogens is 2. The number of sulfonamides is 1. The number of rotatable bonds is 9. The Morgan fingerprint density at radius 1 is 1.08 bits per heavy atom.